The van der Waals surface area contributed by atoms with Gasteiger partial charge in [-0.2, -0.15) is 0 Å². The fraction of sp³-hybridized carbons (Fsp3) is 0.750. The third kappa shape index (κ3) is 9.20. The number of guanidine groups is 1. The van der Waals surface area contributed by atoms with Crippen LogP contribution >= 0.6 is 35.3 Å². The maximum Gasteiger partial charge on any atom is 0.191 e. The number of rotatable bonds is 8. The highest BCUT2D eigenvalue weighted by Crippen LogP contribution is 2.27. The van der Waals surface area contributed by atoms with Crippen LogP contribution < -0.4 is 10.6 Å². The number of aliphatic imine (C=N–C) groups is 1. The first-order chi connectivity index (χ1) is 13.3. The molecule has 0 aromatic carbocycles. The van der Waals surface area contributed by atoms with Gasteiger partial charge >= 0.3 is 0 Å². The van der Waals surface area contributed by atoms with Crippen LogP contribution in [0, 0.1) is 0 Å². The molecule has 1 aromatic heterocycles. The van der Waals surface area contributed by atoms with Gasteiger partial charge in [-0.3, -0.25) is 14.1 Å². The van der Waals surface area contributed by atoms with Crippen LogP contribution in [-0.2, 0) is 15.5 Å². The van der Waals surface area contributed by atoms with Crippen molar-refractivity contribution in [2.45, 2.75) is 51.5 Å². The Labute approximate surface area is 199 Å². The maximum atomic E-state index is 12.3. The van der Waals surface area contributed by atoms with Crippen molar-refractivity contribution in [1.29, 1.82) is 0 Å². The minimum atomic E-state index is -0.868. The van der Waals surface area contributed by atoms with Gasteiger partial charge in [-0.15, -0.1) is 35.3 Å². The zero-order valence-corrected chi connectivity index (χ0v) is 22.2. The van der Waals surface area contributed by atoms with E-state index in [2.05, 4.69) is 46.9 Å². The Hall–Kier alpha value is -0.230. The van der Waals surface area contributed by atoms with E-state index in [1.807, 2.05) is 20.8 Å². The average molecular weight is 557 g/mol. The van der Waals surface area contributed by atoms with Gasteiger partial charge in [-0.1, -0.05) is 6.07 Å². The van der Waals surface area contributed by atoms with Gasteiger partial charge in [0.15, 0.2) is 5.96 Å². The molecule has 2 N–H and O–H groups in total. The van der Waals surface area contributed by atoms with E-state index in [1.54, 1.807) is 11.3 Å². The van der Waals surface area contributed by atoms with Crippen LogP contribution in [0.3, 0.4) is 0 Å². The fourth-order valence-corrected chi connectivity index (χ4v) is 4.83. The molecule has 0 radical (unpaired) electrons. The summed E-state index contributed by atoms with van der Waals surface area (Å²) in [4.78, 5) is 8.66. The van der Waals surface area contributed by atoms with E-state index in [1.165, 1.54) is 4.88 Å². The number of morpholine rings is 1. The molecule has 1 aliphatic heterocycles. The summed E-state index contributed by atoms with van der Waals surface area (Å²) >= 11 is 1.78. The van der Waals surface area contributed by atoms with Crippen LogP contribution in [0.4, 0.5) is 0 Å². The minimum Gasteiger partial charge on any atom is -0.376 e. The van der Waals surface area contributed by atoms with Crippen molar-refractivity contribution in [2.75, 3.05) is 45.1 Å². The highest BCUT2D eigenvalue weighted by Gasteiger charge is 2.26. The zero-order valence-electron chi connectivity index (χ0n) is 18.3. The summed E-state index contributed by atoms with van der Waals surface area (Å²) in [5, 5.41) is 8.78. The van der Waals surface area contributed by atoms with Crippen molar-refractivity contribution < 1.29 is 8.95 Å². The molecular formula is C20H37IN4O2S2. The van der Waals surface area contributed by atoms with Gasteiger partial charge in [-0.25, -0.2) is 0 Å². The molecule has 3 unspecified atom stereocenters. The number of thiophene rings is 1. The van der Waals surface area contributed by atoms with E-state index in [0.717, 1.165) is 32.2 Å². The Morgan fingerprint density at radius 3 is 2.79 bits per heavy atom. The molecule has 1 saturated heterocycles. The van der Waals surface area contributed by atoms with Crippen molar-refractivity contribution in [2.24, 2.45) is 4.99 Å². The predicted octanol–water partition coefficient (Wildman–Crippen LogP) is 3.23. The molecule has 0 spiro atoms. The van der Waals surface area contributed by atoms with Crippen LogP contribution in [0.25, 0.3) is 0 Å². The summed E-state index contributed by atoms with van der Waals surface area (Å²) in [5.41, 5.74) is 0. The lowest BCUT2D eigenvalue weighted by Gasteiger charge is -2.36. The topological polar surface area (TPSA) is 66.0 Å². The number of hydrogen-bond donors (Lipinski definition) is 2. The van der Waals surface area contributed by atoms with Crippen molar-refractivity contribution >= 4 is 52.1 Å². The predicted molar refractivity (Wildman–Crippen MR) is 136 cm³/mol. The summed E-state index contributed by atoms with van der Waals surface area (Å²) in [6.07, 6.45) is 0.249. The van der Waals surface area contributed by atoms with Gasteiger partial charge in [0.2, 0.25) is 0 Å². The van der Waals surface area contributed by atoms with Crippen LogP contribution in [0.2, 0.25) is 0 Å². The molecule has 0 saturated carbocycles. The molecule has 0 amide bonds. The van der Waals surface area contributed by atoms with Gasteiger partial charge < -0.3 is 15.4 Å². The molecule has 0 bridgehead atoms. The summed E-state index contributed by atoms with van der Waals surface area (Å²) < 4.78 is 17.8. The fourth-order valence-electron chi connectivity index (χ4n) is 3.08. The zero-order chi connectivity index (χ0) is 20.6. The van der Waals surface area contributed by atoms with Crippen LogP contribution in [0.1, 0.15) is 45.5 Å². The molecule has 1 aromatic rings. The first kappa shape index (κ1) is 26.8. The molecule has 168 valence electrons. The third-order valence-corrected chi connectivity index (χ3v) is 7.53. The van der Waals surface area contributed by atoms with Gasteiger partial charge in [-0.05, 0) is 46.1 Å². The lowest BCUT2D eigenvalue weighted by Crippen LogP contribution is -2.44. The standard InChI is InChI=1S/C20H36N4O2S2.HI/c1-6-21-19(22-9-13-28(25)20(3,4)5)23-14-17(18-8-7-12-27-18)24-10-11-26-16(2)15-24;/h7-8,12,16-17H,6,9-11,13-15H2,1-5H3,(H2,21,22,23);1H. The molecule has 3 atom stereocenters. The smallest absolute Gasteiger partial charge is 0.191 e. The van der Waals surface area contributed by atoms with Crippen LogP contribution in [-0.4, -0.2) is 71.0 Å². The van der Waals surface area contributed by atoms with Crippen LogP contribution in [0.15, 0.2) is 22.5 Å². The molecule has 1 fully saturated rings. The molecule has 2 heterocycles. The highest BCUT2D eigenvalue weighted by atomic mass is 127. The average Bonchev–Trinajstić information content (AvgIpc) is 3.15. The van der Waals surface area contributed by atoms with E-state index in [9.17, 15) is 4.21 Å². The Bertz CT molecular complexity index is 635. The van der Waals surface area contributed by atoms with E-state index in [4.69, 9.17) is 9.73 Å². The van der Waals surface area contributed by atoms with Gasteiger partial charge in [0.1, 0.15) is 0 Å². The summed E-state index contributed by atoms with van der Waals surface area (Å²) in [5.74, 6) is 1.40. The molecule has 1 aliphatic rings. The lowest BCUT2D eigenvalue weighted by atomic mass is 10.1. The summed E-state index contributed by atoms with van der Waals surface area (Å²) in [6, 6.07) is 4.55. The number of nitrogens with zero attached hydrogens (tertiary/aromatic N) is 2. The maximum absolute atomic E-state index is 12.3. The minimum absolute atomic E-state index is 0. The number of nitrogens with one attached hydrogen (secondary N) is 2. The molecule has 9 heteroatoms. The highest BCUT2D eigenvalue weighted by molar-refractivity contribution is 14.0. The van der Waals surface area contributed by atoms with E-state index in [-0.39, 0.29) is 40.9 Å². The second kappa shape index (κ2) is 13.2. The summed E-state index contributed by atoms with van der Waals surface area (Å²) in [7, 11) is -0.868. The quantitative estimate of drug-likeness (QED) is 0.293. The Morgan fingerprint density at radius 2 is 2.21 bits per heavy atom. The van der Waals surface area contributed by atoms with Crippen molar-refractivity contribution in [3.8, 4) is 0 Å². The van der Waals surface area contributed by atoms with Gasteiger partial charge in [0.25, 0.3) is 0 Å². The Balaban J connectivity index is 0.00000420. The Morgan fingerprint density at radius 1 is 1.45 bits per heavy atom. The first-order valence-corrected chi connectivity index (χ1v) is 12.3. The molecule has 2 rings (SSSR count). The van der Waals surface area contributed by atoms with E-state index in [0.29, 0.717) is 18.8 Å². The number of ether oxygens (including phenoxy) is 1. The van der Waals surface area contributed by atoms with Gasteiger partial charge in [0.05, 0.1) is 25.3 Å². The molecule has 6 nitrogen and oxygen atoms in total. The molecule has 29 heavy (non-hydrogen) atoms. The summed E-state index contributed by atoms with van der Waals surface area (Å²) in [6.45, 7) is 15.0. The molecular weight excluding hydrogens is 519 g/mol. The van der Waals surface area contributed by atoms with Gasteiger partial charge in [0, 0.05) is 52.4 Å². The third-order valence-electron chi connectivity index (χ3n) is 4.61. The normalized spacial score (nSPS) is 20.6. The lowest BCUT2D eigenvalue weighted by molar-refractivity contribution is -0.0327. The number of halogens is 1. The SMILES string of the molecule is CCNC(=NCC(c1cccs1)N1CCOC(C)C1)NCCS(=O)C(C)(C)C.I. The Kier molecular flexibility index (Phi) is 12.2. The van der Waals surface area contributed by atoms with Crippen molar-refractivity contribution in [3.05, 3.63) is 22.4 Å². The molecule has 0 aliphatic carbocycles. The van der Waals surface area contributed by atoms with E-state index >= 15 is 0 Å². The second-order valence-corrected chi connectivity index (χ2v) is 11.3. The monoisotopic (exact) mass is 556 g/mol. The van der Waals surface area contributed by atoms with E-state index < -0.39 is 10.8 Å². The van der Waals surface area contributed by atoms with Crippen LogP contribution in [0.5, 0.6) is 0 Å². The van der Waals surface area contributed by atoms with Crippen molar-refractivity contribution in [1.82, 2.24) is 15.5 Å². The number of hydrogen-bond acceptors (Lipinski definition) is 5. The van der Waals surface area contributed by atoms with Crippen molar-refractivity contribution in [3.63, 3.8) is 0 Å². The first-order valence-electron chi connectivity index (χ1n) is 10.1. The largest absolute Gasteiger partial charge is 0.376 e. The second-order valence-electron chi connectivity index (χ2n) is 8.02.